The van der Waals surface area contributed by atoms with E-state index >= 15 is 0 Å². The Morgan fingerprint density at radius 2 is 1.53 bits per heavy atom. The number of fused-ring (bicyclic) bond motifs is 3. The number of ketones is 2. The summed E-state index contributed by atoms with van der Waals surface area (Å²) in [6.45, 7) is 7.08. The van der Waals surface area contributed by atoms with Gasteiger partial charge in [0, 0.05) is 42.4 Å². The number of aliphatic hydroxyl groups is 3. The summed E-state index contributed by atoms with van der Waals surface area (Å²) in [5.41, 5.74) is -2.62. The summed E-state index contributed by atoms with van der Waals surface area (Å²) in [4.78, 5) is 40.9. The maximum absolute atomic E-state index is 13.8. The number of aliphatic hydroxyl groups excluding tert-OH is 2. The van der Waals surface area contributed by atoms with E-state index in [-0.39, 0.29) is 71.0 Å². The molecule has 0 saturated carbocycles. The van der Waals surface area contributed by atoms with Crippen molar-refractivity contribution in [2.75, 3.05) is 7.11 Å². The monoisotopic (exact) mass is 770 g/mol. The molecule has 0 radical (unpaired) electrons. The smallest absolute Gasteiger partial charge is 0.316 e. The molecular formula is C40H50O15. The average Bonchev–Trinajstić information content (AvgIpc) is 3.14. The highest BCUT2D eigenvalue weighted by Crippen LogP contribution is 2.54. The number of esters is 1. The number of phenolic OH excluding ortho intramolecular Hbond substituents is 2. The molecule has 300 valence electrons. The van der Waals surface area contributed by atoms with Gasteiger partial charge in [-0.2, -0.15) is 0 Å². The standard InChI is InChI=1S/C40H50O15/c1-6-40(48)16-27(32-21(34(40)39(47)49-5)14-22-33(37(32)46)36(45)31-20(35(22)44)8-7-9-24(31)42)54-30-15-25(43)38(19(4)52-30)55-29-13-11-26(18(3)51-29)53-28-12-10-23(41)17(2)50-28/h7-9,14,17-19,23,25-30,34,38,41-43,46,48H,6,10-13,15-16H2,1-5H3. The first-order valence-corrected chi connectivity index (χ1v) is 19.1. The highest BCUT2D eigenvalue weighted by molar-refractivity contribution is 6.30. The fourth-order valence-electron chi connectivity index (χ4n) is 8.80. The van der Waals surface area contributed by atoms with Crippen LogP contribution in [0.1, 0.15) is 128 Å². The third-order valence-electron chi connectivity index (χ3n) is 11.9. The summed E-state index contributed by atoms with van der Waals surface area (Å²) < 4.78 is 42.0. The largest absolute Gasteiger partial charge is 0.507 e. The molecule has 0 amide bonds. The lowest BCUT2D eigenvalue weighted by Crippen LogP contribution is -2.53. The molecule has 3 aliphatic heterocycles. The van der Waals surface area contributed by atoms with Crippen LogP contribution in [-0.2, 0) is 38.0 Å². The molecule has 0 bridgehead atoms. The lowest BCUT2D eigenvalue weighted by atomic mass is 9.67. The number of rotatable bonds is 8. The third-order valence-corrected chi connectivity index (χ3v) is 11.9. The Balaban J connectivity index is 1.09. The molecule has 13 atom stereocenters. The third kappa shape index (κ3) is 7.19. The van der Waals surface area contributed by atoms with Crippen molar-refractivity contribution in [3.63, 3.8) is 0 Å². The quantitative estimate of drug-likeness (QED) is 0.208. The van der Waals surface area contributed by atoms with Gasteiger partial charge in [0.15, 0.2) is 24.7 Å². The van der Waals surface area contributed by atoms with Crippen LogP contribution in [0.2, 0.25) is 0 Å². The fourth-order valence-corrected chi connectivity index (χ4v) is 8.80. The molecule has 15 nitrogen and oxygen atoms in total. The number of methoxy groups -OCH3 is 1. The van der Waals surface area contributed by atoms with E-state index < -0.39 is 89.9 Å². The van der Waals surface area contributed by atoms with Crippen LogP contribution in [0.4, 0.5) is 0 Å². The second-order valence-corrected chi connectivity index (χ2v) is 15.4. The zero-order valence-electron chi connectivity index (χ0n) is 31.5. The zero-order chi connectivity index (χ0) is 39.5. The lowest BCUT2D eigenvalue weighted by molar-refractivity contribution is -0.320. The Bertz CT molecular complexity index is 1800. The van der Waals surface area contributed by atoms with E-state index in [2.05, 4.69) is 0 Å². The van der Waals surface area contributed by atoms with Crippen molar-refractivity contribution in [2.24, 2.45) is 0 Å². The van der Waals surface area contributed by atoms with Gasteiger partial charge < -0.3 is 58.7 Å². The molecule has 0 aromatic heterocycles. The normalized spacial score (nSPS) is 37.5. The van der Waals surface area contributed by atoms with E-state index in [0.29, 0.717) is 25.7 Å². The fraction of sp³-hybridized carbons (Fsp3) is 0.625. The van der Waals surface area contributed by atoms with E-state index in [1.807, 2.05) is 13.8 Å². The van der Waals surface area contributed by atoms with Gasteiger partial charge in [0.05, 0.1) is 66.6 Å². The Morgan fingerprint density at radius 1 is 0.836 bits per heavy atom. The molecule has 2 aromatic carbocycles. The van der Waals surface area contributed by atoms with Crippen molar-refractivity contribution < 1.29 is 73.1 Å². The molecular weight excluding hydrogens is 720 g/mol. The molecule has 0 spiro atoms. The SMILES string of the molecule is CCC1(O)CC(OC2CC(O)C(OC3CCC(OC4CCC(O)C(C)O4)C(C)O3)C(C)O2)c2c(cc3c(c2O)C(=O)c2c(O)cccc2C3=O)C1C(=O)OC. The van der Waals surface area contributed by atoms with Crippen LogP contribution >= 0.6 is 0 Å². The van der Waals surface area contributed by atoms with E-state index in [4.69, 9.17) is 33.2 Å². The van der Waals surface area contributed by atoms with Gasteiger partial charge >= 0.3 is 5.97 Å². The minimum atomic E-state index is -1.77. The van der Waals surface area contributed by atoms with Gasteiger partial charge in [-0.05, 0) is 57.7 Å². The predicted molar refractivity (Wildman–Crippen MR) is 189 cm³/mol. The molecule has 3 heterocycles. The predicted octanol–water partition coefficient (Wildman–Crippen LogP) is 3.41. The number of carbonyl (C=O) groups is 3. The van der Waals surface area contributed by atoms with E-state index in [0.717, 1.165) is 7.11 Å². The van der Waals surface area contributed by atoms with Crippen LogP contribution in [0.3, 0.4) is 0 Å². The van der Waals surface area contributed by atoms with Crippen LogP contribution in [-0.4, -0.2) is 117 Å². The molecule has 2 aliphatic carbocycles. The Hall–Kier alpha value is -3.51. The first-order valence-electron chi connectivity index (χ1n) is 19.1. The van der Waals surface area contributed by atoms with Crippen LogP contribution in [0.25, 0.3) is 0 Å². The number of hydrogen-bond donors (Lipinski definition) is 5. The van der Waals surface area contributed by atoms with Crippen molar-refractivity contribution in [1.82, 2.24) is 0 Å². The van der Waals surface area contributed by atoms with Gasteiger partial charge in [0.25, 0.3) is 0 Å². The Kier molecular flexibility index (Phi) is 11.2. The maximum Gasteiger partial charge on any atom is 0.316 e. The molecule has 5 aliphatic rings. The molecule has 2 aromatic rings. The molecule has 13 unspecified atom stereocenters. The van der Waals surface area contributed by atoms with Crippen LogP contribution < -0.4 is 0 Å². The minimum absolute atomic E-state index is 0.0120. The summed E-state index contributed by atoms with van der Waals surface area (Å²) in [6, 6.07) is 5.39. The Morgan fingerprint density at radius 3 is 2.20 bits per heavy atom. The van der Waals surface area contributed by atoms with Crippen molar-refractivity contribution >= 4 is 17.5 Å². The second-order valence-electron chi connectivity index (χ2n) is 15.4. The van der Waals surface area contributed by atoms with Crippen molar-refractivity contribution in [3.05, 3.63) is 57.6 Å². The second kappa shape index (κ2) is 15.4. The molecule has 55 heavy (non-hydrogen) atoms. The van der Waals surface area contributed by atoms with Crippen LogP contribution in [0, 0.1) is 0 Å². The number of benzene rings is 2. The minimum Gasteiger partial charge on any atom is -0.507 e. The number of phenols is 2. The van der Waals surface area contributed by atoms with Crippen molar-refractivity contribution in [2.45, 2.75) is 152 Å². The molecule has 15 heteroatoms. The topological polar surface area (TPSA) is 217 Å². The van der Waals surface area contributed by atoms with Crippen LogP contribution in [0.15, 0.2) is 24.3 Å². The first kappa shape index (κ1) is 39.7. The highest BCUT2D eigenvalue weighted by atomic mass is 16.7. The lowest BCUT2D eigenvalue weighted by Gasteiger charge is -2.46. The van der Waals surface area contributed by atoms with E-state index in [1.165, 1.54) is 24.3 Å². The Labute approximate surface area is 318 Å². The van der Waals surface area contributed by atoms with E-state index in [9.17, 15) is 39.9 Å². The summed E-state index contributed by atoms with van der Waals surface area (Å²) in [7, 11) is 1.16. The zero-order valence-corrected chi connectivity index (χ0v) is 31.5. The van der Waals surface area contributed by atoms with Gasteiger partial charge in [0.1, 0.15) is 23.5 Å². The summed E-state index contributed by atoms with van der Waals surface area (Å²) in [5, 5.41) is 55.7. The van der Waals surface area contributed by atoms with Gasteiger partial charge in [-0.1, -0.05) is 19.1 Å². The van der Waals surface area contributed by atoms with Crippen molar-refractivity contribution in [1.29, 1.82) is 0 Å². The van der Waals surface area contributed by atoms with Gasteiger partial charge in [-0.3, -0.25) is 14.4 Å². The van der Waals surface area contributed by atoms with Crippen LogP contribution in [0.5, 0.6) is 11.5 Å². The van der Waals surface area contributed by atoms with Crippen molar-refractivity contribution in [3.8, 4) is 11.5 Å². The summed E-state index contributed by atoms with van der Waals surface area (Å²) in [5.74, 6) is -4.68. The summed E-state index contributed by atoms with van der Waals surface area (Å²) >= 11 is 0. The average molecular weight is 771 g/mol. The number of carbonyl (C=O) groups excluding carboxylic acids is 3. The van der Waals surface area contributed by atoms with Gasteiger partial charge in [0.2, 0.25) is 5.78 Å². The van der Waals surface area contributed by atoms with Gasteiger partial charge in [-0.25, -0.2) is 0 Å². The summed E-state index contributed by atoms with van der Waals surface area (Å²) in [6.07, 6.45) is -5.37. The van der Waals surface area contributed by atoms with Gasteiger partial charge in [-0.15, -0.1) is 0 Å². The maximum atomic E-state index is 13.8. The number of aromatic hydroxyl groups is 2. The molecule has 3 saturated heterocycles. The molecule has 5 N–H and O–H groups in total. The number of hydrogen-bond acceptors (Lipinski definition) is 15. The highest BCUT2D eigenvalue weighted by Gasteiger charge is 2.53. The first-order chi connectivity index (χ1) is 26.1. The number of ether oxygens (including phenoxy) is 7. The molecule has 3 fully saturated rings. The van der Waals surface area contributed by atoms with E-state index in [1.54, 1.807) is 13.8 Å². The molecule has 7 rings (SSSR count).